The summed E-state index contributed by atoms with van der Waals surface area (Å²) in [5, 5.41) is 41.7. The van der Waals surface area contributed by atoms with Gasteiger partial charge in [0.05, 0.1) is 36.6 Å². The van der Waals surface area contributed by atoms with Crippen molar-refractivity contribution in [3.05, 3.63) is 11.6 Å². The molecule has 4 N–H and O–H groups in total. The SMILES string of the molecule is CCCCCCCCCCCC[C@@H](O)[C@H]1CC[C@H]([C@H](O)CCCC(O)CCCCCC[C@@H](O)CC2=C[C@H](C)OC2=O)O1. The van der Waals surface area contributed by atoms with Crippen LogP contribution < -0.4 is 0 Å². The van der Waals surface area contributed by atoms with E-state index in [4.69, 9.17) is 9.47 Å². The van der Waals surface area contributed by atoms with E-state index in [2.05, 4.69) is 6.92 Å². The van der Waals surface area contributed by atoms with E-state index in [1.807, 2.05) is 6.92 Å². The predicted octanol–water partition coefficient (Wildman–Crippen LogP) is 7.06. The third-order valence-electron chi connectivity index (χ3n) is 9.11. The second kappa shape index (κ2) is 22.5. The van der Waals surface area contributed by atoms with Crippen LogP contribution in [-0.4, -0.2) is 69.1 Å². The molecule has 0 aromatic heterocycles. The molecular weight excluding hydrogens is 532 g/mol. The first-order valence-electron chi connectivity index (χ1n) is 17.6. The van der Waals surface area contributed by atoms with Crippen LogP contribution in [0.4, 0.5) is 0 Å². The minimum absolute atomic E-state index is 0.157. The minimum atomic E-state index is -0.539. The molecule has 0 radical (unpaired) electrons. The number of hydrogen-bond acceptors (Lipinski definition) is 7. The molecule has 0 bridgehead atoms. The van der Waals surface area contributed by atoms with E-state index < -0.39 is 18.3 Å². The number of aliphatic hydroxyl groups excluding tert-OH is 4. The Morgan fingerprint density at radius 2 is 1.12 bits per heavy atom. The first-order chi connectivity index (χ1) is 20.3. The van der Waals surface area contributed by atoms with Gasteiger partial charge in [-0.25, -0.2) is 4.79 Å². The Morgan fingerprint density at radius 3 is 1.64 bits per heavy atom. The fraction of sp³-hybridized carbons (Fsp3) is 0.914. The molecule has 7 heteroatoms. The van der Waals surface area contributed by atoms with Crippen LogP contribution in [0.15, 0.2) is 11.6 Å². The topological polar surface area (TPSA) is 116 Å². The van der Waals surface area contributed by atoms with E-state index in [0.29, 0.717) is 31.3 Å². The lowest BCUT2D eigenvalue weighted by molar-refractivity contribution is -0.139. The molecule has 1 unspecified atom stereocenters. The van der Waals surface area contributed by atoms with E-state index in [9.17, 15) is 25.2 Å². The molecular formula is C35H64O7. The zero-order valence-electron chi connectivity index (χ0n) is 26.9. The number of carbonyl (C=O) groups is 1. The molecule has 2 aliphatic rings. The van der Waals surface area contributed by atoms with Crippen LogP contribution >= 0.6 is 0 Å². The van der Waals surface area contributed by atoms with Gasteiger partial charge in [-0.15, -0.1) is 0 Å². The number of aliphatic hydroxyl groups is 4. The summed E-state index contributed by atoms with van der Waals surface area (Å²) in [6.45, 7) is 4.07. The highest BCUT2D eigenvalue weighted by Gasteiger charge is 2.34. The highest BCUT2D eigenvalue weighted by molar-refractivity contribution is 5.90. The van der Waals surface area contributed by atoms with Gasteiger partial charge in [0.1, 0.15) is 6.10 Å². The first-order valence-corrected chi connectivity index (χ1v) is 17.6. The second-order valence-electron chi connectivity index (χ2n) is 13.1. The molecule has 42 heavy (non-hydrogen) atoms. The smallest absolute Gasteiger partial charge is 0.334 e. The monoisotopic (exact) mass is 596 g/mol. The van der Waals surface area contributed by atoms with Crippen LogP contribution in [0.3, 0.4) is 0 Å². The van der Waals surface area contributed by atoms with Gasteiger partial charge in [-0.1, -0.05) is 96.8 Å². The Morgan fingerprint density at radius 1 is 0.667 bits per heavy atom. The Kier molecular flexibility index (Phi) is 19.9. The van der Waals surface area contributed by atoms with Crippen molar-refractivity contribution in [2.45, 2.75) is 204 Å². The average molecular weight is 597 g/mol. The van der Waals surface area contributed by atoms with Crippen LogP contribution in [0, 0.1) is 0 Å². The molecule has 1 saturated heterocycles. The molecule has 7 atom stereocenters. The van der Waals surface area contributed by atoms with E-state index in [1.165, 1.54) is 57.8 Å². The second-order valence-corrected chi connectivity index (χ2v) is 13.1. The number of cyclic esters (lactones) is 1. The van der Waals surface area contributed by atoms with Crippen LogP contribution in [0.5, 0.6) is 0 Å². The van der Waals surface area contributed by atoms with Crippen molar-refractivity contribution in [1.82, 2.24) is 0 Å². The van der Waals surface area contributed by atoms with Crippen molar-refractivity contribution in [3.63, 3.8) is 0 Å². The van der Waals surface area contributed by atoms with Crippen LogP contribution in [0.2, 0.25) is 0 Å². The third kappa shape index (κ3) is 16.2. The normalized spacial score (nSPS) is 23.5. The van der Waals surface area contributed by atoms with E-state index in [0.717, 1.165) is 64.2 Å². The van der Waals surface area contributed by atoms with Crippen LogP contribution in [0.25, 0.3) is 0 Å². The molecule has 7 nitrogen and oxygen atoms in total. The fourth-order valence-corrected chi connectivity index (χ4v) is 6.43. The molecule has 0 saturated carbocycles. The van der Waals surface area contributed by atoms with Crippen molar-refractivity contribution in [2.75, 3.05) is 0 Å². The van der Waals surface area contributed by atoms with Crippen molar-refractivity contribution in [3.8, 4) is 0 Å². The van der Waals surface area contributed by atoms with Gasteiger partial charge < -0.3 is 29.9 Å². The number of ether oxygens (including phenoxy) is 2. The van der Waals surface area contributed by atoms with E-state index >= 15 is 0 Å². The van der Waals surface area contributed by atoms with Crippen molar-refractivity contribution in [2.24, 2.45) is 0 Å². The van der Waals surface area contributed by atoms with Crippen molar-refractivity contribution >= 4 is 5.97 Å². The standard InChI is InChI=1S/C35H64O7/c1-3-4-5-6-7-8-9-10-11-16-21-31(38)33-23-24-34(42-33)32(39)22-17-20-29(36)18-14-12-13-15-19-30(37)26-28-25-27(2)41-35(28)40/h25,27,29-34,36-39H,3-24,26H2,1-2H3/t27-,29?,30+,31+,32+,33+,34+/m0/s1. The summed E-state index contributed by atoms with van der Waals surface area (Å²) < 4.78 is 11.1. The summed E-state index contributed by atoms with van der Waals surface area (Å²) in [5.41, 5.74) is 0.583. The lowest BCUT2D eigenvalue weighted by Crippen LogP contribution is -2.31. The summed E-state index contributed by atoms with van der Waals surface area (Å²) in [6.07, 6.45) is 22.3. The number of carbonyl (C=O) groups excluding carboxylic acids is 1. The van der Waals surface area contributed by atoms with Gasteiger partial charge in [0.2, 0.25) is 0 Å². The fourth-order valence-electron chi connectivity index (χ4n) is 6.43. The summed E-state index contributed by atoms with van der Waals surface area (Å²) in [4.78, 5) is 11.6. The highest BCUT2D eigenvalue weighted by atomic mass is 16.5. The van der Waals surface area contributed by atoms with Crippen LogP contribution in [-0.2, 0) is 14.3 Å². The molecule has 246 valence electrons. The number of esters is 1. The predicted molar refractivity (Wildman–Crippen MR) is 168 cm³/mol. The Labute approximate surface area is 256 Å². The third-order valence-corrected chi connectivity index (χ3v) is 9.11. The maximum absolute atomic E-state index is 11.6. The van der Waals surface area contributed by atoms with E-state index in [1.54, 1.807) is 6.08 Å². The van der Waals surface area contributed by atoms with Crippen molar-refractivity contribution in [1.29, 1.82) is 0 Å². The largest absolute Gasteiger partial charge is 0.455 e. The molecule has 2 rings (SSSR count). The summed E-state index contributed by atoms with van der Waals surface area (Å²) in [6, 6.07) is 0. The van der Waals surface area contributed by atoms with Gasteiger partial charge in [-0.3, -0.25) is 0 Å². The maximum atomic E-state index is 11.6. The van der Waals surface area contributed by atoms with Gasteiger partial charge in [0.15, 0.2) is 0 Å². The highest BCUT2D eigenvalue weighted by Crippen LogP contribution is 2.28. The zero-order valence-corrected chi connectivity index (χ0v) is 26.9. The van der Waals surface area contributed by atoms with Gasteiger partial charge in [0, 0.05) is 12.0 Å². The molecule has 0 spiro atoms. The van der Waals surface area contributed by atoms with Gasteiger partial charge in [-0.05, 0) is 64.4 Å². The first kappa shape index (κ1) is 37.2. The summed E-state index contributed by atoms with van der Waals surface area (Å²) in [7, 11) is 0. The molecule has 0 aromatic carbocycles. The average Bonchev–Trinajstić information content (AvgIpc) is 3.57. The van der Waals surface area contributed by atoms with Gasteiger partial charge in [0.25, 0.3) is 0 Å². The lowest BCUT2D eigenvalue weighted by atomic mass is 9.99. The number of hydrogen-bond donors (Lipinski definition) is 4. The van der Waals surface area contributed by atoms with Gasteiger partial charge >= 0.3 is 5.97 Å². The summed E-state index contributed by atoms with van der Waals surface area (Å²) in [5.74, 6) is -0.309. The molecule has 1 fully saturated rings. The lowest BCUT2D eigenvalue weighted by Gasteiger charge is -2.22. The molecule has 0 aromatic rings. The Balaban J connectivity index is 1.41. The minimum Gasteiger partial charge on any atom is -0.455 e. The zero-order chi connectivity index (χ0) is 30.6. The summed E-state index contributed by atoms with van der Waals surface area (Å²) >= 11 is 0. The molecule has 0 aliphatic carbocycles. The van der Waals surface area contributed by atoms with E-state index in [-0.39, 0.29) is 30.4 Å². The number of rotatable bonds is 26. The maximum Gasteiger partial charge on any atom is 0.334 e. The Bertz CT molecular complexity index is 726. The molecule has 2 aliphatic heterocycles. The molecule has 2 heterocycles. The van der Waals surface area contributed by atoms with Crippen molar-refractivity contribution < 1.29 is 34.7 Å². The quantitative estimate of drug-likeness (QED) is 0.0624. The molecule has 0 amide bonds. The number of unbranched alkanes of at least 4 members (excludes halogenated alkanes) is 12. The van der Waals surface area contributed by atoms with Gasteiger partial charge in [-0.2, -0.15) is 0 Å². The Hall–Kier alpha value is -0.990. The van der Waals surface area contributed by atoms with Crippen LogP contribution in [0.1, 0.15) is 162 Å².